The third-order valence-corrected chi connectivity index (χ3v) is 3.77. The first kappa shape index (κ1) is 14.1. The van der Waals surface area contributed by atoms with E-state index in [9.17, 15) is 0 Å². The zero-order chi connectivity index (χ0) is 12.7. The van der Waals surface area contributed by atoms with Crippen molar-refractivity contribution in [1.82, 2.24) is 5.32 Å². The molecule has 0 amide bonds. The van der Waals surface area contributed by atoms with Crippen molar-refractivity contribution in [3.8, 4) is 6.07 Å². The molecule has 92 valence electrons. The van der Waals surface area contributed by atoms with E-state index in [-0.39, 0.29) is 6.04 Å². The summed E-state index contributed by atoms with van der Waals surface area (Å²) in [7, 11) is 0. The molecule has 0 aliphatic rings. The molecule has 17 heavy (non-hydrogen) atoms. The van der Waals surface area contributed by atoms with Gasteiger partial charge in [-0.15, -0.1) is 0 Å². The lowest BCUT2D eigenvalue weighted by Gasteiger charge is -2.20. The first-order valence-electron chi connectivity index (χ1n) is 6.01. The van der Waals surface area contributed by atoms with Crippen LogP contribution in [0.1, 0.15) is 37.9 Å². The Morgan fingerprint density at radius 1 is 1.41 bits per heavy atom. The van der Waals surface area contributed by atoms with Crippen molar-refractivity contribution in [1.29, 1.82) is 5.26 Å². The van der Waals surface area contributed by atoms with Gasteiger partial charge in [0.05, 0.1) is 11.6 Å². The van der Waals surface area contributed by atoms with Crippen molar-refractivity contribution in [2.24, 2.45) is 0 Å². The fourth-order valence-corrected chi connectivity index (χ4v) is 2.43. The lowest BCUT2D eigenvalue weighted by atomic mass is 10.1. The monoisotopic (exact) mass is 248 g/mol. The molecule has 0 fully saturated rings. The second-order valence-corrected chi connectivity index (χ2v) is 5.51. The Balaban J connectivity index is 2.57. The molecule has 1 aromatic carbocycles. The Labute approximate surface area is 108 Å². The van der Waals surface area contributed by atoms with Gasteiger partial charge in [-0.1, -0.05) is 19.1 Å². The van der Waals surface area contributed by atoms with Gasteiger partial charge in [-0.25, -0.2) is 0 Å². The maximum atomic E-state index is 8.87. The molecule has 0 heterocycles. The number of nitriles is 1. The van der Waals surface area contributed by atoms with Gasteiger partial charge in [-0.05, 0) is 37.3 Å². The summed E-state index contributed by atoms with van der Waals surface area (Å²) in [6, 6.07) is 10.8. The number of rotatable bonds is 6. The molecule has 0 aliphatic heterocycles. The molecule has 1 N–H and O–H groups in total. The van der Waals surface area contributed by atoms with E-state index in [0.717, 1.165) is 17.1 Å². The minimum atomic E-state index is 0.288. The van der Waals surface area contributed by atoms with Crippen molar-refractivity contribution in [2.45, 2.75) is 32.9 Å². The number of nitrogens with zero attached hydrogens (tertiary/aromatic N) is 1. The first-order valence-corrected chi connectivity index (χ1v) is 7.16. The Bertz CT molecular complexity index is 384. The highest BCUT2D eigenvalue weighted by molar-refractivity contribution is 7.99. The van der Waals surface area contributed by atoms with Gasteiger partial charge >= 0.3 is 0 Å². The average Bonchev–Trinajstić information content (AvgIpc) is 2.36. The molecule has 0 bridgehead atoms. The van der Waals surface area contributed by atoms with E-state index in [2.05, 4.69) is 38.2 Å². The molecule has 0 saturated heterocycles. The number of hydrogen-bond acceptors (Lipinski definition) is 3. The molecule has 0 radical (unpaired) electrons. The molecular formula is C14H20N2S. The van der Waals surface area contributed by atoms with Crippen molar-refractivity contribution in [2.75, 3.05) is 11.5 Å². The van der Waals surface area contributed by atoms with Gasteiger partial charge in [0.15, 0.2) is 0 Å². The third kappa shape index (κ3) is 4.80. The van der Waals surface area contributed by atoms with E-state index in [4.69, 9.17) is 5.26 Å². The Morgan fingerprint density at radius 2 is 2.18 bits per heavy atom. The Kier molecular flexibility index (Phi) is 6.10. The van der Waals surface area contributed by atoms with Crippen LogP contribution >= 0.6 is 11.8 Å². The van der Waals surface area contributed by atoms with E-state index in [0.29, 0.717) is 6.04 Å². The Hall–Kier alpha value is -0.980. The summed E-state index contributed by atoms with van der Waals surface area (Å²) in [4.78, 5) is 0. The maximum Gasteiger partial charge on any atom is 0.0991 e. The van der Waals surface area contributed by atoms with Crippen LogP contribution in [0.4, 0.5) is 0 Å². The van der Waals surface area contributed by atoms with Gasteiger partial charge in [0.1, 0.15) is 0 Å². The summed E-state index contributed by atoms with van der Waals surface area (Å²) in [5, 5.41) is 12.4. The topological polar surface area (TPSA) is 35.8 Å². The average molecular weight is 248 g/mol. The van der Waals surface area contributed by atoms with Gasteiger partial charge in [0, 0.05) is 17.8 Å². The third-order valence-electron chi connectivity index (χ3n) is 2.62. The van der Waals surface area contributed by atoms with Gasteiger partial charge in [-0.2, -0.15) is 17.0 Å². The molecule has 0 aromatic heterocycles. The van der Waals surface area contributed by atoms with Crippen molar-refractivity contribution >= 4 is 11.8 Å². The zero-order valence-corrected chi connectivity index (χ0v) is 11.6. The highest BCUT2D eigenvalue weighted by Crippen LogP contribution is 2.15. The predicted octanol–water partition coefficient (Wildman–Crippen LogP) is 3.35. The largest absolute Gasteiger partial charge is 0.307 e. The summed E-state index contributed by atoms with van der Waals surface area (Å²) >= 11 is 1.95. The number of benzene rings is 1. The molecule has 0 aliphatic carbocycles. The second kappa shape index (κ2) is 7.37. The molecule has 2 atom stereocenters. The summed E-state index contributed by atoms with van der Waals surface area (Å²) in [6.45, 7) is 6.52. The summed E-state index contributed by atoms with van der Waals surface area (Å²) in [6.07, 6.45) is 0. The highest BCUT2D eigenvalue weighted by Gasteiger charge is 2.09. The van der Waals surface area contributed by atoms with Crippen LogP contribution in [0.2, 0.25) is 0 Å². The highest BCUT2D eigenvalue weighted by atomic mass is 32.2. The number of thioether (sulfide) groups is 1. The predicted molar refractivity (Wildman–Crippen MR) is 75.2 cm³/mol. The molecule has 3 heteroatoms. The number of nitrogens with one attached hydrogen (secondary N) is 1. The van der Waals surface area contributed by atoms with E-state index in [1.165, 1.54) is 5.56 Å². The first-order chi connectivity index (χ1) is 8.17. The van der Waals surface area contributed by atoms with Gasteiger partial charge < -0.3 is 5.32 Å². The fraction of sp³-hybridized carbons (Fsp3) is 0.500. The Morgan fingerprint density at radius 3 is 2.82 bits per heavy atom. The van der Waals surface area contributed by atoms with Crippen LogP contribution in [0.3, 0.4) is 0 Å². The lowest BCUT2D eigenvalue weighted by Crippen LogP contribution is -2.30. The van der Waals surface area contributed by atoms with E-state index < -0.39 is 0 Å². The maximum absolute atomic E-state index is 8.87. The normalized spacial score (nSPS) is 14.0. The van der Waals surface area contributed by atoms with Crippen LogP contribution < -0.4 is 5.32 Å². The van der Waals surface area contributed by atoms with Gasteiger partial charge in [0.2, 0.25) is 0 Å². The van der Waals surface area contributed by atoms with Crippen LogP contribution in [0, 0.1) is 11.3 Å². The lowest BCUT2D eigenvalue weighted by molar-refractivity contribution is 0.511. The minimum absolute atomic E-state index is 0.288. The summed E-state index contributed by atoms with van der Waals surface area (Å²) in [5.41, 5.74) is 1.91. The van der Waals surface area contributed by atoms with Crippen LogP contribution in [0.5, 0.6) is 0 Å². The smallest absolute Gasteiger partial charge is 0.0991 e. The summed E-state index contributed by atoms with van der Waals surface area (Å²) in [5.74, 6) is 2.28. The molecule has 0 saturated carbocycles. The molecule has 0 spiro atoms. The quantitative estimate of drug-likeness (QED) is 0.838. The number of hydrogen-bond donors (Lipinski definition) is 1. The van der Waals surface area contributed by atoms with Crippen LogP contribution in [-0.2, 0) is 0 Å². The molecular weight excluding hydrogens is 228 g/mol. The van der Waals surface area contributed by atoms with Crippen molar-refractivity contribution < 1.29 is 0 Å². The molecule has 2 nitrogen and oxygen atoms in total. The van der Waals surface area contributed by atoms with E-state index in [1.54, 1.807) is 0 Å². The van der Waals surface area contributed by atoms with Gasteiger partial charge in [0.25, 0.3) is 0 Å². The summed E-state index contributed by atoms with van der Waals surface area (Å²) < 4.78 is 0. The van der Waals surface area contributed by atoms with Crippen molar-refractivity contribution in [3.05, 3.63) is 35.4 Å². The van der Waals surface area contributed by atoms with Crippen LogP contribution in [0.25, 0.3) is 0 Å². The van der Waals surface area contributed by atoms with Crippen molar-refractivity contribution in [3.63, 3.8) is 0 Å². The zero-order valence-electron chi connectivity index (χ0n) is 10.7. The van der Waals surface area contributed by atoms with E-state index >= 15 is 0 Å². The van der Waals surface area contributed by atoms with Gasteiger partial charge in [-0.3, -0.25) is 0 Å². The SMILES string of the molecule is CCSCC(C)NC(C)c1cccc(C#N)c1. The second-order valence-electron chi connectivity index (χ2n) is 4.19. The standard InChI is InChI=1S/C14H20N2S/c1-4-17-10-11(2)16-12(3)14-7-5-6-13(8-14)9-15/h5-8,11-12,16H,4,10H2,1-3H3. The molecule has 1 rings (SSSR count). The molecule has 1 aromatic rings. The van der Waals surface area contributed by atoms with E-state index in [1.807, 2.05) is 30.0 Å². The minimum Gasteiger partial charge on any atom is -0.307 e. The fourth-order valence-electron chi connectivity index (χ4n) is 1.74. The van der Waals surface area contributed by atoms with Crippen LogP contribution in [0.15, 0.2) is 24.3 Å². The van der Waals surface area contributed by atoms with Crippen LogP contribution in [-0.4, -0.2) is 17.5 Å². The molecule has 2 unspecified atom stereocenters.